The lowest BCUT2D eigenvalue weighted by Gasteiger charge is -2.35. The molecule has 2 fully saturated rings. The minimum Gasteiger partial charge on any atom is -0.339 e. The van der Waals surface area contributed by atoms with Gasteiger partial charge in [-0.15, -0.1) is 0 Å². The Hall–Kier alpha value is -1.59. The van der Waals surface area contributed by atoms with E-state index in [0.717, 1.165) is 37.5 Å². The molecular formula is C21H30ClN3O2. The number of aryl methyl sites for hydroxylation is 1. The zero-order valence-electron chi connectivity index (χ0n) is 16.0. The summed E-state index contributed by atoms with van der Waals surface area (Å²) in [7, 11) is 0. The summed E-state index contributed by atoms with van der Waals surface area (Å²) in [6, 6.07) is 7.80. The zero-order valence-corrected chi connectivity index (χ0v) is 16.8. The smallest absolute Gasteiger partial charge is 0.223 e. The summed E-state index contributed by atoms with van der Waals surface area (Å²) in [5.74, 6) is 0.435. The second kappa shape index (κ2) is 10.1. The molecule has 1 aromatic carbocycles. The minimum absolute atomic E-state index is 0.202. The Morgan fingerprint density at radius 3 is 1.96 bits per heavy atom. The van der Waals surface area contributed by atoms with Crippen molar-refractivity contribution in [2.75, 3.05) is 45.8 Å². The van der Waals surface area contributed by atoms with Crippen molar-refractivity contribution in [3.8, 4) is 0 Å². The number of piperazine rings is 1. The Kier molecular flexibility index (Phi) is 7.53. The Morgan fingerprint density at radius 1 is 0.815 bits per heavy atom. The summed E-state index contributed by atoms with van der Waals surface area (Å²) in [4.78, 5) is 31.0. The van der Waals surface area contributed by atoms with Crippen LogP contribution in [0, 0.1) is 0 Å². The van der Waals surface area contributed by atoms with Gasteiger partial charge in [-0.05, 0) is 56.5 Å². The lowest BCUT2D eigenvalue weighted by Crippen LogP contribution is -2.51. The van der Waals surface area contributed by atoms with Gasteiger partial charge in [0.2, 0.25) is 11.8 Å². The second-order valence-electron chi connectivity index (χ2n) is 7.54. The van der Waals surface area contributed by atoms with Gasteiger partial charge in [0, 0.05) is 50.6 Å². The molecule has 2 saturated heterocycles. The van der Waals surface area contributed by atoms with Crippen LogP contribution in [0.2, 0.25) is 5.02 Å². The van der Waals surface area contributed by atoms with E-state index in [0.29, 0.717) is 39.0 Å². The number of hydrogen-bond acceptors (Lipinski definition) is 3. The van der Waals surface area contributed by atoms with Gasteiger partial charge in [0.25, 0.3) is 0 Å². The third kappa shape index (κ3) is 6.22. The molecule has 27 heavy (non-hydrogen) atoms. The number of nitrogens with zero attached hydrogens (tertiary/aromatic N) is 3. The Balaban J connectivity index is 1.32. The monoisotopic (exact) mass is 391 g/mol. The van der Waals surface area contributed by atoms with E-state index >= 15 is 0 Å². The van der Waals surface area contributed by atoms with Crippen LogP contribution < -0.4 is 0 Å². The standard InChI is InChI=1S/C21H30ClN3O2/c22-19-8-6-18(7-9-19)4-3-5-20(26)24-14-16-25(17-15-24)21(27)10-13-23-11-1-2-12-23/h6-9H,1-5,10-17H2. The van der Waals surface area contributed by atoms with E-state index in [4.69, 9.17) is 11.6 Å². The van der Waals surface area contributed by atoms with Crippen molar-refractivity contribution in [1.82, 2.24) is 14.7 Å². The molecule has 148 valence electrons. The normalized spacial score (nSPS) is 18.1. The highest BCUT2D eigenvalue weighted by molar-refractivity contribution is 6.30. The first-order valence-corrected chi connectivity index (χ1v) is 10.5. The quantitative estimate of drug-likeness (QED) is 0.717. The van der Waals surface area contributed by atoms with Gasteiger partial charge in [-0.1, -0.05) is 23.7 Å². The number of amides is 2. The molecule has 2 amide bonds. The molecule has 0 atom stereocenters. The van der Waals surface area contributed by atoms with Crippen molar-refractivity contribution < 1.29 is 9.59 Å². The molecule has 5 nitrogen and oxygen atoms in total. The van der Waals surface area contributed by atoms with E-state index in [1.165, 1.54) is 18.4 Å². The number of carbonyl (C=O) groups excluding carboxylic acids is 2. The van der Waals surface area contributed by atoms with Gasteiger partial charge in [0.15, 0.2) is 0 Å². The molecule has 0 radical (unpaired) electrons. The highest BCUT2D eigenvalue weighted by atomic mass is 35.5. The van der Waals surface area contributed by atoms with Crippen molar-refractivity contribution >= 4 is 23.4 Å². The first-order valence-electron chi connectivity index (χ1n) is 10.1. The van der Waals surface area contributed by atoms with Crippen LogP contribution in [-0.2, 0) is 16.0 Å². The number of carbonyl (C=O) groups is 2. The second-order valence-corrected chi connectivity index (χ2v) is 7.98. The SMILES string of the molecule is O=C(CCCc1ccc(Cl)cc1)N1CCN(C(=O)CCN2CCCC2)CC1. The molecule has 2 aliphatic heterocycles. The molecule has 0 spiro atoms. The van der Waals surface area contributed by atoms with Gasteiger partial charge in [0.05, 0.1) is 0 Å². The van der Waals surface area contributed by atoms with Crippen LogP contribution in [0.1, 0.15) is 37.7 Å². The minimum atomic E-state index is 0.202. The third-order valence-electron chi connectivity index (χ3n) is 5.60. The summed E-state index contributed by atoms with van der Waals surface area (Å²) < 4.78 is 0. The Bertz CT molecular complexity index is 621. The summed E-state index contributed by atoms with van der Waals surface area (Å²) >= 11 is 5.89. The van der Waals surface area contributed by atoms with Crippen LogP contribution in [0.3, 0.4) is 0 Å². The van der Waals surface area contributed by atoms with Crippen molar-refractivity contribution in [1.29, 1.82) is 0 Å². The maximum atomic E-state index is 12.4. The summed E-state index contributed by atoms with van der Waals surface area (Å²) in [6.45, 7) is 5.80. The van der Waals surface area contributed by atoms with E-state index in [-0.39, 0.29) is 11.8 Å². The van der Waals surface area contributed by atoms with E-state index in [1.54, 1.807) is 0 Å². The molecule has 2 aliphatic rings. The lowest BCUT2D eigenvalue weighted by molar-refractivity contribution is -0.139. The fourth-order valence-corrected chi connectivity index (χ4v) is 4.00. The molecule has 3 rings (SSSR count). The van der Waals surface area contributed by atoms with E-state index in [2.05, 4.69) is 4.90 Å². The van der Waals surface area contributed by atoms with Gasteiger partial charge < -0.3 is 14.7 Å². The van der Waals surface area contributed by atoms with E-state index in [1.807, 2.05) is 34.1 Å². The lowest BCUT2D eigenvalue weighted by atomic mass is 10.1. The molecule has 0 bridgehead atoms. The third-order valence-corrected chi connectivity index (χ3v) is 5.85. The number of hydrogen-bond donors (Lipinski definition) is 0. The number of halogens is 1. The molecule has 0 N–H and O–H groups in total. The van der Waals surface area contributed by atoms with Crippen LogP contribution >= 0.6 is 11.6 Å². The van der Waals surface area contributed by atoms with Crippen molar-refractivity contribution in [2.45, 2.75) is 38.5 Å². The first kappa shape index (κ1) is 20.2. The molecule has 0 aliphatic carbocycles. The summed E-state index contributed by atoms with van der Waals surface area (Å²) in [5, 5.41) is 0.739. The summed E-state index contributed by atoms with van der Waals surface area (Å²) in [5.41, 5.74) is 1.21. The molecule has 0 aromatic heterocycles. The topological polar surface area (TPSA) is 43.9 Å². The average molecular weight is 392 g/mol. The van der Waals surface area contributed by atoms with Gasteiger partial charge in [-0.3, -0.25) is 9.59 Å². The Morgan fingerprint density at radius 2 is 1.37 bits per heavy atom. The molecule has 0 unspecified atom stereocenters. The highest BCUT2D eigenvalue weighted by Gasteiger charge is 2.24. The zero-order chi connectivity index (χ0) is 19.1. The van der Waals surface area contributed by atoms with Crippen molar-refractivity contribution in [2.24, 2.45) is 0 Å². The molecule has 1 aromatic rings. The van der Waals surface area contributed by atoms with Crippen LogP contribution in [0.4, 0.5) is 0 Å². The summed E-state index contributed by atoms with van der Waals surface area (Å²) in [6.07, 6.45) is 5.41. The fraction of sp³-hybridized carbons (Fsp3) is 0.619. The van der Waals surface area contributed by atoms with Gasteiger partial charge in [-0.2, -0.15) is 0 Å². The molecule has 2 heterocycles. The van der Waals surface area contributed by atoms with Crippen LogP contribution in [0.25, 0.3) is 0 Å². The Labute approximate surface area is 167 Å². The highest BCUT2D eigenvalue weighted by Crippen LogP contribution is 2.13. The maximum Gasteiger partial charge on any atom is 0.223 e. The fourth-order valence-electron chi connectivity index (χ4n) is 3.88. The van der Waals surface area contributed by atoms with Crippen molar-refractivity contribution in [3.05, 3.63) is 34.9 Å². The van der Waals surface area contributed by atoms with Crippen molar-refractivity contribution in [3.63, 3.8) is 0 Å². The van der Waals surface area contributed by atoms with E-state index < -0.39 is 0 Å². The maximum absolute atomic E-state index is 12.4. The van der Waals surface area contributed by atoms with Gasteiger partial charge in [0.1, 0.15) is 0 Å². The number of benzene rings is 1. The predicted molar refractivity (Wildman–Crippen MR) is 108 cm³/mol. The van der Waals surface area contributed by atoms with E-state index in [9.17, 15) is 9.59 Å². The largest absolute Gasteiger partial charge is 0.339 e. The number of likely N-dealkylation sites (tertiary alicyclic amines) is 1. The van der Waals surface area contributed by atoms with Gasteiger partial charge >= 0.3 is 0 Å². The average Bonchev–Trinajstić information content (AvgIpc) is 3.21. The predicted octanol–water partition coefficient (Wildman–Crippen LogP) is 2.82. The number of rotatable bonds is 7. The van der Waals surface area contributed by atoms with Crippen LogP contribution in [-0.4, -0.2) is 72.3 Å². The first-order chi connectivity index (χ1) is 13.1. The molecule has 0 saturated carbocycles. The molecular weight excluding hydrogens is 362 g/mol. The van der Waals surface area contributed by atoms with Crippen LogP contribution in [0.15, 0.2) is 24.3 Å². The van der Waals surface area contributed by atoms with Gasteiger partial charge in [-0.25, -0.2) is 0 Å². The van der Waals surface area contributed by atoms with Crippen LogP contribution in [0.5, 0.6) is 0 Å². The molecule has 6 heteroatoms.